The van der Waals surface area contributed by atoms with E-state index < -0.39 is 80.9 Å². The third kappa shape index (κ3) is 19.2. The first-order chi connectivity index (χ1) is 30.6. The van der Waals surface area contributed by atoms with E-state index in [1.807, 2.05) is 27.7 Å². The first-order valence-corrected chi connectivity index (χ1v) is 24.0. The Labute approximate surface area is 447 Å². The number of aliphatic hydroxyl groups is 4. The molecule has 6 N–H and O–H groups in total. The average molecular weight is 1030 g/mol. The van der Waals surface area contributed by atoms with Gasteiger partial charge in [-0.25, -0.2) is 54.2 Å². The maximum absolute atomic E-state index is 13.5. The van der Waals surface area contributed by atoms with Crippen molar-refractivity contribution >= 4 is 117 Å². The van der Waals surface area contributed by atoms with Crippen LogP contribution in [0.5, 0.6) is 0 Å². The van der Waals surface area contributed by atoms with Crippen molar-refractivity contribution in [1.29, 1.82) is 0 Å². The van der Waals surface area contributed by atoms with Crippen LogP contribution >= 0.6 is 0 Å². The van der Waals surface area contributed by atoms with Crippen molar-refractivity contribution in [2.24, 2.45) is 0 Å². The van der Waals surface area contributed by atoms with E-state index in [0.29, 0.717) is 45.0 Å². The van der Waals surface area contributed by atoms with E-state index in [4.69, 9.17) is 10.2 Å². The number of sulfonamides is 2. The summed E-state index contributed by atoms with van der Waals surface area (Å²) in [6.07, 6.45) is 1.72. The van der Waals surface area contributed by atoms with Crippen molar-refractivity contribution in [3.8, 4) is 22.5 Å². The molecule has 0 saturated heterocycles. The van der Waals surface area contributed by atoms with Gasteiger partial charge in [0.15, 0.2) is 0 Å². The molecule has 0 aliphatic carbocycles. The van der Waals surface area contributed by atoms with Gasteiger partial charge in [-0.3, -0.25) is 9.59 Å². The predicted octanol–water partition coefficient (Wildman–Crippen LogP) is 4.49. The minimum atomic E-state index is -3.65. The number of aliphatic hydroxyl groups excluding tert-OH is 4. The van der Waals surface area contributed by atoms with E-state index in [9.17, 15) is 55.6 Å². The topological polar surface area (TPSA) is 282 Å². The van der Waals surface area contributed by atoms with E-state index in [1.165, 1.54) is 86.9 Å². The van der Waals surface area contributed by atoms with Gasteiger partial charge in [0, 0.05) is 49.2 Å². The molecule has 4 rings (SSSR count). The van der Waals surface area contributed by atoms with Crippen LogP contribution in [0.25, 0.3) is 34.7 Å². The molecule has 2 aromatic carbocycles. The van der Waals surface area contributed by atoms with E-state index >= 15 is 0 Å². The first kappa shape index (κ1) is 62.3. The number of aromatic nitrogens is 4. The molecule has 0 bridgehead atoms. The van der Waals surface area contributed by atoms with Crippen LogP contribution in [0.4, 0.5) is 20.7 Å². The van der Waals surface area contributed by atoms with Crippen molar-refractivity contribution in [2.45, 2.75) is 89.6 Å². The van der Waals surface area contributed by atoms with E-state index in [-0.39, 0.29) is 103 Å². The Bertz CT molecular complexity index is 2460. The van der Waals surface area contributed by atoms with Crippen LogP contribution in [-0.2, 0) is 29.6 Å². The van der Waals surface area contributed by atoms with Crippen LogP contribution in [0.3, 0.4) is 0 Å². The molecule has 0 fully saturated rings. The molecule has 0 unspecified atom stereocenters. The molecule has 0 radical (unpaired) electrons. The van der Waals surface area contributed by atoms with Crippen molar-refractivity contribution in [3.05, 3.63) is 94.8 Å². The molecule has 0 spiro atoms. The van der Waals surface area contributed by atoms with E-state index in [0.717, 1.165) is 21.1 Å². The Balaban J connectivity index is -0.000000593. The fourth-order valence-corrected chi connectivity index (χ4v) is 6.85. The normalized spacial score (nSPS) is 13.5. The Morgan fingerprint density at radius 2 is 0.912 bits per heavy atom. The molecule has 4 aromatic rings. The Morgan fingerprint density at radius 3 is 1.16 bits per heavy atom. The van der Waals surface area contributed by atoms with Crippen molar-refractivity contribution in [3.63, 3.8) is 0 Å². The summed E-state index contributed by atoms with van der Waals surface area (Å²) in [5.41, 5.74) is 3.60. The van der Waals surface area contributed by atoms with Gasteiger partial charge in [-0.05, 0) is 60.4 Å². The second-order valence-corrected chi connectivity index (χ2v) is 20.0. The molecule has 0 aliphatic rings. The molecule has 2 heterocycles. The minimum absolute atomic E-state index is 0. The van der Waals surface area contributed by atoms with Gasteiger partial charge in [-0.1, -0.05) is 52.0 Å². The molecule has 0 amide bonds. The van der Waals surface area contributed by atoms with Crippen molar-refractivity contribution in [1.82, 2.24) is 19.9 Å². The SMILES string of the molecule is CC(C)c1nc(N(C)S(C)(=O)=O)nc(-c2ccc(F)cc2)c1C=C[C@@H](O)C[C@@H](O)CC(=O)O.CC(C)c1nc(N(C)S(C)(=O)=O)nc(-c2ccc(F)cc2)c1C=C[C@@H](O)C[C@@H](O)CC(=O)O.[Ca+2].[H-].[H-].[H-].[H-].[Mg+2]. The number of carbonyl (C=O) groups is 2. The molecule has 2 aromatic heterocycles. The van der Waals surface area contributed by atoms with Crippen LogP contribution in [0.15, 0.2) is 60.7 Å². The van der Waals surface area contributed by atoms with Gasteiger partial charge >= 0.3 is 72.7 Å². The minimum Gasteiger partial charge on any atom is -1.00 e. The van der Waals surface area contributed by atoms with E-state index in [2.05, 4.69) is 19.9 Å². The van der Waals surface area contributed by atoms with E-state index in [1.54, 1.807) is 0 Å². The Hall–Kier alpha value is -3.75. The number of rotatable bonds is 20. The molecule has 4 atom stereocenters. The molecule has 0 saturated carbocycles. The molecule has 0 aliphatic heterocycles. The number of halogens is 2. The van der Waals surface area contributed by atoms with Gasteiger partial charge in [0.1, 0.15) is 11.6 Å². The predicted molar refractivity (Wildman–Crippen MR) is 261 cm³/mol. The second kappa shape index (κ2) is 27.6. The molecule has 18 nitrogen and oxygen atoms in total. The monoisotopic (exact) mass is 1030 g/mol. The summed E-state index contributed by atoms with van der Waals surface area (Å²) < 4.78 is 77.2. The third-order valence-corrected chi connectivity index (χ3v) is 11.9. The summed E-state index contributed by atoms with van der Waals surface area (Å²) >= 11 is 0. The molecule has 24 heteroatoms. The number of hydrogen-bond donors (Lipinski definition) is 6. The molecular weight excluding hydrogens is 971 g/mol. The number of benzene rings is 2. The van der Waals surface area contributed by atoms with Gasteiger partial charge < -0.3 is 36.3 Å². The summed E-state index contributed by atoms with van der Waals surface area (Å²) in [4.78, 5) is 39.1. The number of aliphatic carboxylic acids is 2. The molecular formula is C44H60CaF2MgN6O12S2. The van der Waals surface area contributed by atoms with Crippen LogP contribution in [0, 0.1) is 11.6 Å². The van der Waals surface area contributed by atoms with Crippen LogP contribution in [-0.4, -0.2) is 191 Å². The molecule has 68 heavy (non-hydrogen) atoms. The molecule has 368 valence electrons. The van der Waals surface area contributed by atoms with Crippen LogP contribution < -0.4 is 8.61 Å². The van der Waals surface area contributed by atoms with Gasteiger partial charge in [-0.2, -0.15) is 0 Å². The Morgan fingerprint density at radius 1 is 0.618 bits per heavy atom. The summed E-state index contributed by atoms with van der Waals surface area (Å²) in [6, 6.07) is 11.0. The largest absolute Gasteiger partial charge is 2.00 e. The fourth-order valence-electron chi connectivity index (χ4n) is 6.09. The maximum Gasteiger partial charge on any atom is 2.00 e. The quantitative estimate of drug-likeness (QED) is 0.0665. The van der Waals surface area contributed by atoms with Crippen LogP contribution in [0.2, 0.25) is 0 Å². The number of nitrogens with zero attached hydrogens (tertiary/aromatic N) is 6. The second-order valence-electron chi connectivity index (χ2n) is 16.0. The zero-order valence-electron chi connectivity index (χ0n) is 43.0. The Kier molecular flexibility index (Phi) is 25.3. The van der Waals surface area contributed by atoms with Crippen LogP contribution in [0.1, 0.15) is 93.4 Å². The number of carboxylic acid groups (broad SMARTS) is 2. The average Bonchev–Trinajstić information content (AvgIpc) is 3.20. The smallest absolute Gasteiger partial charge is 1.00 e. The summed E-state index contributed by atoms with van der Waals surface area (Å²) in [5, 5.41) is 57.6. The number of hydrogen-bond acceptors (Lipinski definition) is 14. The van der Waals surface area contributed by atoms with Crippen molar-refractivity contribution in [2.75, 3.05) is 35.2 Å². The van der Waals surface area contributed by atoms with Gasteiger partial charge in [0.05, 0.1) is 72.5 Å². The summed E-state index contributed by atoms with van der Waals surface area (Å²) in [6.45, 7) is 7.41. The third-order valence-electron chi connectivity index (χ3n) is 9.63. The zero-order valence-corrected chi connectivity index (χ0v) is 44.3. The van der Waals surface area contributed by atoms with Gasteiger partial charge in [-0.15, -0.1) is 0 Å². The fraction of sp³-hybridized carbons (Fsp3) is 0.409. The van der Waals surface area contributed by atoms with Crippen molar-refractivity contribution < 1.29 is 71.6 Å². The number of carboxylic acids is 2. The summed E-state index contributed by atoms with van der Waals surface area (Å²) in [7, 11) is -4.65. The van der Waals surface area contributed by atoms with Gasteiger partial charge in [0.25, 0.3) is 0 Å². The number of anilines is 2. The first-order valence-electron chi connectivity index (χ1n) is 20.3. The maximum atomic E-state index is 13.5. The summed E-state index contributed by atoms with van der Waals surface area (Å²) in [5.74, 6) is -3.74. The zero-order chi connectivity index (χ0) is 49.8. The standard InChI is InChI=1S/2C22H28FN3O6S.Ca.Mg.4H/c2*1-13(2)20-18(10-9-16(27)11-17(28)12-19(29)30)21(14-5-7-15(23)8-6-14)25-22(24-20)26(3)33(4,31)32;;;;;;/h2*5-10,13,16-17,27-28H,11-12H2,1-4H3,(H,29,30);;;;;;/q;;2*+2;4*-1/t2*16-,17-;;;;;;/m11....../s1. The van der Waals surface area contributed by atoms with Gasteiger partial charge in [0.2, 0.25) is 31.9 Å².